The highest BCUT2D eigenvalue weighted by atomic mass is 16.5. The van der Waals surface area contributed by atoms with E-state index in [1.807, 2.05) is 24.3 Å². The Morgan fingerprint density at radius 3 is 2.62 bits per heavy atom. The molecule has 1 fully saturated rings. The fourth-order valence-corrected chi connectivity index (χ4v) is 2.37. The van der Waals surface area contributed by atoms with Gasteiger partial charge in [0.05, 0.1) is 13.2 Å². The Balaban J connectivity index is 1.77. The molecular weight excluding hydrogens is 266 g/mol. The second-order valence-electron chi connectivity index (χ2n) is 5.53. The van der Waals surface area contributed by atoms with Gasteiger partial charge in [0.15, 0.2) is 0 Å². The quantitative estimate of drug-likeness (QED) is 0.839. The van der Waals surface area contributed by atoms with Gasteiger partial charge < -0.3 is 15.8 Å². The van der Waals surface area contributed by atoms with Crippen LogP contribution in [0.4, 0.5) is 5.69 Å². The average Bonchev–Trinajstić information content (AvgIpc) is 2.49. The highest BCUT2D eigenvalue weighted by molar-refractivity contribution is 5.92. The van der Waals surface area contributed by atoms with Crippen LogP contribution >= 0.6 is 0 Å². The van der Waals surface area contributed by atoms with E-state index < -0.39 is 0 Å². The summed E-state index contributed by atoms with van der Waals surface area (Å²) in [7, 11) is 0. The number of nitrogens with zero attached hydrogens (tertiary/aromatic N) is 1. The molecule has 0 aromatic heterocycles. The number of nitrogens with two attached hydrogens (primary N) is 1. The fourth-order valence-electron chi connectivity index (χ4n) is 2.37. The van der Waals surface area contributed by atoms with Crippen LogP contribution in [0.3, 0.4) is 0 Å². The van der Waals surface area contributed by atoms with Crippen LogP contribution in [0.15, 0.2) is 24.3 Å². The number of benzene rings is 1. The van der Waals surface area contributed by atoms with E-state index in [1.165, 1.54) is 0 Å². The van der Waals surface area contributed by atoms with Crippen LogP contribution in [-0.4, -0.2) is 43.1 Å². The van der Waals surface area contributed by atoms with Gasteiger partial charge in [-0.1, -0.05) is 6.92 Å². The summed E-state index contributed by atoms with van der Waals surface area (Å²) < 4.78 is 5.51. The first-order chi connectivity index (χ1) is 10.2. The second kappa shape index (κ2) is 8.00. The number of hydrogen-bond acceptors (Lipinski definition) is 4. The van der Waals surface area contributed by atoms with Gasteiger partial charge in [0.2, 0.25) is 5.91 Å². The molecule has 1 saturated heterocycles. The highest BCUT2D eigenvalue weighted by Crippen LogP contribution is 2.16. The summed E-state index contributed by atoms with van der Waals surface area (Å²) in [5, 5.41) is 2.92. The molecule has 0 unspecified atom stereocenters. The summed E-state index contributed by atoms with van der Waals surface area (Å²) in [6, 6.07) is 7.79. The van der Waals surface area contributed by atoms with Crippen molar-refractivity contribution in [3.63, 3.8) is 0 Å². The molecule has 0 bridgehead atoms. The van der Waals surface area contributed by atoms with Gasteiger partial charge >= 0.3 is 0 Å². The van der Waals surface area contributed by atoms with Crippen molar-refractivity contribution in [3.05, 3.63) is 24.3 Å². The Labute approximate surface area is 126 Å². The molecule has 1 heterocycles. The van der Waals surface area contributed by atoms with E-state index in [-0.39, 0.29) is 5.91 Å². The normalized spacial score (nSPS) is 16.7. The molecular formula is C16H25N3O2. The first-order valence-electron chi connectivity index (χ1n) is 7.68. The van der Waals surface area contributed by atoms with Crippen LogP contribution in [-0.2, 0) is 4.79 Å². The van der Waals surface area contributed by atoms with E-state index >= 15 is 0 Å². The van der Waals surface area contributed by atoms with Gasteiger partial charge in [-0.15, -0.1) is 0 Å². The minimum Gasteiger partial charge on any atom is -0.494 e. The van der Waals surface area contributed by atoms with Gasteiger partial charge in [-0.2, -0.15) is 0 Å². The Bertz CT molecular complexity index is 439. The molecule has 5 nitrogen and oxygen atoms in total. The van der Waals surface area contributed by atoms with E-state index in [9.17, 15) is 4.79 Å². The SMILES string of the molecule is CCCOc1ccc(NC(=O)CN2CCC(N)CC2)cc1. The molecule has 0 spiro atoms. The molecule has 5 heteroatoms. The predicted molar refractivity (Wildman–Crippen MR) is 84.5 cm³/mol. The van der Waals surface area contributed by atoms with Crippen molar-refractivity contribution in [1.82, 2.24) is 4.90 Å². The number of piperidine rings is 1. The number of carbonyl (C=O) groups is 1. The Kier molecular flexibility index (Phi) is 6.02. The number of rotatable bonds is 6. The standard InChI is InChI=1S/C16H25N3O2/c1-2-11-21-15-5-3-14(4-6-15)18-16(20)12-19-9-7-13(17)8-10-19/h3-6,13H,2,7-12,17H2,1H3,(H,18,20). The summed E-state index contributed by atoms with van der Waals surface area (Å²) in [6.07, 6.45) is 2.92. The van der Waals surface area contributed by atoms with Crippen molar-refractivity contribution in [2.75, 3.05) is 31.6 Å². The van der Waals surface area contributed by atoms with Gasteiger partial charge in [0.1, 0.15) is 5.75 Å². The number of amides is 1. The van der Waals surface area contributed by atoms with Crippen LogP contribution in [0.5, 0.6) is 5.75 Å². The Hall–Kier alpha value is -1.59. The van der Waals surface area contributed by atoms with E-state index in [0.29, 0.717) is 19.2 Å². The topological polar surface area (TPSA) is 67.6 Å². The third kappa shape index (κ3) is 5.36. The molecule has 3 N–H and O–H groups in total. The minimum atomic E-state index is 0.0210. The molecule has 1 aliphatic rings. The number of nitrogens with one attached hydrogen (secondary N) is 1. The molecule has 2 rings (SSSR count). The molecule has 1 aromatic rings. The smallest absolute Gasteiger partial charge is 0.238 e. The molecule has 1 amide bonds. The molecule has 0 aliphatic carbocycles. The molecule has 0 atom stereocenters. The van der Waals surface area contributed by atoms with E-state index in [2.05, 4.69) is 17.1 Å². The molecule has 1 aromatic carbocycles. The van der Waals surface area contributed by atoms with Crippen LogP contribution in [0.2, 0.25) is 0 Å². The molecule has 21 heavy (non-hydrogen) atoms. The lowest BCUT2D eigenvalue weighted by atomic mass is 10.1. The lowest BCUT2D eigenvalue weighted by molar-refractivity contribution is -0.117. The van der Waals surface area contributed by atoms with Crippen LogP contribution in [0.1, 0.15) is 26.2 Å². The van der Waals surface area contributed by atoms with Gasteiger partial charge in [-0.3, -0.25) is 9.69 Å². The third-order valence-corrected chi connectivity index (χ3v) is 3.61. The van der Waals surface area contributed by atoms with Crippen LogP contribution in [0, 0.1) is 0 Å². The first-order valence-corrected chi connectivity index (χ1v) is 7.68. The van der Waals surface area contributed by atoms with E-state index in [1.54, 1.807) is 0 Å². The Morgan fingerprint density at radius 1 is 1.33 bits per heavy atom. The summed E-state index contributed by atoms with van der Waals surface area (Å²) in [4.78, 5) is 14.2. The van der Waals surface area contributed by atoms with Crippen molar-refractivity contribution in [1.29, 1.82) is 0 Å². The summed E-state index contributed by atoms with van der Waals surface area (Å²) in [6.45, 7) is 5.02. The van der Waals surface area contributed by atoms with Crippen molar-refractivity contribution in [3.8, 4) is 5.75 Å². The fraction of sp³-hybridized carbons (Fsp3) is 0.562. The number of likely N-dealkylation sites (tertiary alicyclic amines) is 1. The van der Waals surface area contributed by atoms with Crippen molar-refractivity contribution < 1.29 is 9.53 Å². The monoisotopic (exact) mass is 291 g/mol. The maximum absolute atomic E-state index is 12.0. The molecule has 0 saturated carbocycles. The van der Waals surface area contributed by atoms with Gasteiger partial charge in [0.25, 0.3) is 0 Å². The lowest BCUT2D eigenvalue weighted by Gasteiger charge is -2.29. The first kappa shape index (κ1) is 15.8. The maximum Gasteiger partial charge on any atom is 0.238 e. The Morgan fingerprint density at radius 2 is 2.00 bits per heavy atom. The average molecular weight is 291 g/mol. The zero-order valence-corrected chi connectivity index (χ0v) is 12.7. The van der Waals surface area contributed by atoms with Crippen molar-refractivity contribution in [2.24, 2.45) is 5.73 Å². The molecule has 0 radical (unpaired) electrons. The predicted octanol–water partition coefficient (Wildman–Crippen LogP) is 1.84. The maximum atomic E-state index is 12.0. The van der Waals surface area contributed by atoms with Crippen molar-refractivity contribution in [2.45, 2.75) is 32.2 Å². The van der Waals surface area contributed by atoms with Crippen molar-refractivity contribution >= 4 is 11.6 Å². The summed E-state index contributed by atoms with van der Waals surface area (Å²) in [5.74, 6) is 0.854. The number of anilines is 1. The number of carbonyl (C=O) groups excluding carboxylic acids is 1. The zero-order valence-electron chi connectivity index (χ0n) is 12.7. The van der Waals surface area contributed by atoms with E-state index in [4.69, 9.17) is 10.5 Å². The second-order valence-corrected chi connectivity index (χ2v) is 5.53. The van der Waals surface area contributed by atoms with Gasteiger partial charge in [0, 0.05) is 24.8 Å². The van der Waals surface area contributed by atoms with E-state index in [0.717, 1.165) is 43.8 Å². The summed E-state index contributed by atoms with van der Waals surface area (Å²) >= 11 is 0. The van der Waals surface area contributed by atoms with Crippen LogP contribution in [0.25, 0.3) is 0 Å². The van der Waals surface area contributed by atoms with Crippen LogP contribution < -0.4 is 15.8 Å². The molecule has 1 aliphatic heterocycles. The van der Waals surface area contributed by atoms with Gasteiger partial charge in [-0.25, -0.2) is 0 Å². The largest absolute Gasteiger partial charge is 0.494 e. The van der Waals surface area contributed by atoms with Gasteiger partial charge in [-0.05, 0) is 43.5 Å². The minimum absolute atomic E-state index is 0.0210. The number of hydrogen-bond donors (Lipinski definition) is 2. The highest BCUT2D eigenvalue weighted by Gasteiger charge is 2.18. The summed E-state index contributed by atoms with van der Waals surface area (Å²) in [5.41, 5.74) is 6.66. The molecule has 116 valence electrons. The third-order valence-electron chi connectivity index (χ3n) is 3.61. The zero-order chi connectivity index (χ0) is 15.1. The lowest BCUT2D eigenvalue weighted by Crippen LogP contribution is -2.43. The number of ether oxygens (including phenoxy) is 1.